The van der Waals surface area contributed by atoms with E-state index in [2.05, 4.69) is 5.43 Å². The Bertz CT molecular complexity index is 1590. The molecule has 4 aromatic rings. The molecule has 1 saturated heterocycles. The van der Waals surface area contributed by atoms with Gasteiger partial charge in [-0.2, -0.15) is 5.10 Å². The average molecular weight is 582 g/mol. The number of amides is 1. The number of carbonyl (C=O) groups excluding carboxylic acids is 1. The van der Waals surface area contributed by atoms with Crippen LogP contribution in [0.25, 0.3) is 28.1 Å². The molecule has 1 fully saturated rings. The van der Waals surface area contributed by atoms with Gasteiger partial charge in [-0.05, 0) is 80.3 Å². The van der Waals surface area contributed by atoms with Crippen LogP contribution in [0.5, 0.6) is 5.75 Å². The van der Waals surface area contributed by atoms with Crippen LogP contribution in [-0.2, 0) is 5.60 Å². The zero-order valence-corrected chi connectivity index (χ0v) is 23.9. The number of nitrogens with zero attached hydrogens (tertiary/aromatic N) is 3. The molecule has 0 aliphatic carbocycles. The summed E-state index contributed by atoms with van der Waals surface area (Å²) in [4.78, 5) is 13.7. The van der Waals surface area contributed by atoms with E-state index in [9.17, 15) is 4.79 Å². The molecule has 39 heavy (non-hydrogen) atoms. The third kappa shape index (κ3) is 4.91. The van der Waals surface area contributed by atoms with E-state index in [4.69, 9.17) is 44.6 Å². The van der Waals surface area contributed by atoms with Gasteiger partial charge < -0.3 is 4.74 Å². The predicted octanol–water partition coefficient (Wildman–Crippen LogP) is 7.92. The van der Waals surface area contributed by atoms with Gasteiger partial charge in [0.05, 0.1) is 22.0 Å². The van der Waals surface area contributed by atoms with Crippen LogP contribution in [0.3, 0.4) is 0 Å². The molecule has 0 bridgehead atoms. The molecule has 3 heterocycles. The van der Waals surface area contributed by atoms with Crippen LogP contribution in [0.2, 0.25) is 15.1 Å². The van der Waals surface area contributed by atoms with Gasteiger partial charge in [0.1, 0.15) is 11.4 Å². The number of carbonyl (C=O) groups is 1. The second-order valence-electron chi connectivity index (χ2n) is 10.4. The quantitative estimate of drug-likeness (QED) is 0.266. The second-order valence-corrected chi connectivity index (χ2v) is 11.7. The standard InChI is InChI=1S/C30H27Cl3N4O2/c1-30(2)26-27(29(38)35-36-13-4-3-5-14-36)34-37(24-12-10-21(32)17-23(24)33)28(26)22-11-9-19(16-25(22)39-30)18-7-6-8-20(31)15-18/h6-12,15-17H,3-5,13-14H2,1-2H3,(H,35,38). The number of ether oxygens (including phenoxy) is 1. The first-order valence-electron chi connectivity index (χ1n) is 13.0. The van der Waals surface area contributed by atoms with E-state index in [-0.39, 0.29) is 5.91 Å². The van der Waals surface area contributed by atoms with Crippen LogP contribution < -0.4 is 10.2 Å². The molecular formula is C30H27Cl3N4O2. The fraction of sp³-hybridized carbons (Fsp3) is 0.267. The van der Waals surface area contributed by atoms with Crippen LogP contribution in [-0.4, -0.2) is 33.8 Å². The minimum atomic E-state index is -0.860. The molecular weight excluding hydrogens is 555 g/mol. The zero-order chi connectivity index (χ0) is 27.3. The molecule has 6 rings (SSSR count). The molecule has 9 heteroatoms. The van der Waals surface area contributed by atoms with Crippen molar-refractivity contribution in [2.45, 2.75) is 38.7 Å². The van der Waals surface area contributed by atoms with E-state index in [1.165, 1.54) is 6.42 Å². The number of fused-ring (bicyclic) bond motifs is 3. The first-order chi connectivity index (χ1) is 18.7. The molecule has 200 valence electrons. The number of halogens is 3. The van der Waals surface area contributed by atoms with Crippen LogP contribution in [0.1, 0.15) is 49.2 Å². The zero-order valence-electron chi connectivity index (χ0n) is 21.6. The summed E-state index contributed by atoms with van der Waals surface area (Å²) in [6, 6.07) is 19.0. The van der Waals surface area contributed by atoms with Gasteiger partial charge in [-0.25, -0.2) is 9.69 Å². The minimum absolute atomic E-state index is 0.271. The molecule has 0 spiro atoms. The number of hydrogen-bond donors (Lipinski definition) is 1. The van der Waals surface area contributed by atoms with Gasteiger partial charge in [0, 0.05) is 28.7 Å². The molecule has 0 atom stereocenters. The molecule has 1 aromatic heterocycles. The molecule has 1 N–H and O–H groups in total. The van der Waals surface area contributed by atoms with Crippen LogP contribution >= 0.6 is 34.8 Å². The van der Waals surface area contributed by atoms with Gasteiger partial charge in [0.25, 0.3) is 5.91 Å². The smallest absolute Gasteiger partial charge is 0.286 e. The molecule has 1 amide bonds. The highest BCUT2D eigenvalue weighted by molar-refractivity contribution is 6.35. The van der Waals surface area contributed by atoms with E-state index in [0.717, 1.165) is 48.3 Å². The van der Waals surface area contributed by atoms with Crippen molar-refractivity contribution >= 4 is 40.7 Å². The maximum absolute atomic E-state index is 13.7. The number of hydrogen-bond acceptors (Lipinski definition) is 4. The summed E-state index contributed by atoms with van der Waals surface area (Å²) in [5, 5.41) is 8.43. The summed E-state index contributed by atoms with van der Waals surface area (Å²) >= 11 is 19.1. The number of piperidine rings is 1. The Morgan fingerprint density at radius 3 is 2.41 bits per heavy atom. The second kappa shape index (κ2) is 10.2. The van der Waals surface area contributed by atoms with Crippen molar-refractivity contribution in [1.82, 2.24) is 20.2 Å². The first kappa shape index (κ1) is 26.2. The largest absolute Gasteiger partial charge is 0.482 e. The highest BCUT2D eigenvalue weighted by Crippen LogP contribution is 2.49. The lowest BCUT2D eigenvalue weighted by Gasteiger charge is -2.34. The Balaban J connectivity index is 1.54. The van der Waals surface area contributed by atoms with E-state index in [1.807, 2.05) is 67.4 Å². The van der Waals surface area contributed by atoms with Gasteiger partial charge in [0.15, 0.2) is 5.69 Å². The highest BCUT2D eigenvalue weighted by atomic mass is 35.5. The van der Waals surface area contributed by atoms with Gasteiger partial charge in [-0.3, -0.25) is 10.2 Å². The highest BCUT2D eigenvalue weighted by Gasteiger charge is 2.42. The Kier molecular flexibility index (Phi) is 6.84. The SMILES string of the molecule is CC1(C)Oc2cc(-c3cccc(Cl)c3)ccc2-c2c1c(C(=O)NN1CCCCC1)nn2-c1ccc(Cl)cc1Cl. The van der Waals surface area contributed by atoms with Gasteiger partial charge in [-0.1, -0.05) is 59.4 Å². The summed E-state index contributed by atoms with van der Waals surface area (Å²) < 4.78 is 8.32. The van der Waals surface area contributed by atoms with Crippen LogP contribution in [0.15, 0.2) is 60.7 Å². The van der Waals surface area contributed by atoms with Crippen molar-refractivity contribution in [3.63, 3.8) is 0 Å². The molecule has 0 unspecified atom stereocenters. The van der Waals surface area contributed by atoms with Crippen molar-refractivity contribution in [1.29, 1.82) is 0 Å². The summed E-state index contributed by atoms with van der Waals surface area (Å²) in [6.45, 7) is 5.53. The van der Waals surface area contributed by atoms with Crippen molar-refractivity contribution in [3.8, 4) is 33.8 Å². The summed E-state index contributed by atoms with van der Waals surface area (Å²) in [7, 11) is 0. The van der Waals surface area contributed by atoms with E-state index >= 15 is 0 Å². The molecule has 0 saturated carbocycles. The monoisotopic (exact) mass is 580 g/mol. The number of aromatic nitrogens is 2. The van der Waals surface area contributed by atoms with Crippen molar-refractivity contribution in [2.24, 2.45) is 0 Å². The third-order valence-electron chi connectivity index (χ3n) is 7.22. The normalized spacial score (nSPS) is 16.2. The molecule has 2 aliphatic rings. The van der Waals surface area contributed by atoms with Crippen LogP contribution in [0.4, 0.5) is 0 Å². The summed E-state index contributed by atoms with van der Waals surface area (Å²) in [5.74, 6) is 0.409. The molecule has 6 nitrogen and oxygen atoms in total. The van der Waals surface area contributed by atoms with Crippen molar-refractivity contribution in [3.05, 3.63) is 87.0 Å². The van der Waals surface area contributed by atoms with E-state index < -0.39 is 5.60 Å². The minimum Gasteiger partial charge on any atom is -0.482 e. The molecule has 0 radical (unpaired) electrons. The maximum atomic E-state index is 13.7. The summed E-state index contributed by atoms with van der Waals surface area (Å²) in [6.07, 6.45) is 3.26. The Labute approximate surface area is 242 Å². The topological polar surface area (TPSA) is 59.4 Å². The lowest BCUT2D eigenvalue weighted by Crippen LogP contribution is -2.46. The number of benzene rings is 3. The first-order valence-corrected chi connectivity index (χ1v) is 14.1. The van der Waals surface area contributed by atoms with Crippen molar-refractivity contribution < 1.29 is 9.53 Å². The van der Waals surface area contributed by atoms with E-state index in [0.29, 0.717) is 37.8 Å². The number of hydrazine groups is 1. The Hall–Kier alpha value is -3.03. The number of rotatable bonds is 4. The van der Waals surface area contributed by atoms with Gasteiger partial charge >= 0.3 is 0 Å². The van der Waals surface area contributed by atoms with Crippen molar-refractivity contribution in [2.75, 3.05) is 13.1 Å². The van der Waals surface area contributed by atoms with Crippen LogP contribution in [0, 0.1) is 0 Å². The van der Waals surface area contributed by atoms with Gasteiger partial charge in [0.2, 0.25) is 0 Å². The molecule has 2 aliphatic heterocycles. The maximum Gasteiger partial charge on any atom is 0.286 e. The summed E-state index contributed by atoms with van der Waals surface area (Å²) in [5.41, 5.74) is 7.35. The van der Waals surface area contributed by atoms with Gasteiger partial charge in [-0.15, -0.1) is 0 Å². The lowest BCUT2D eigenvalue weighted by molar-refractivity contribution is 0.0720. The lowest BCUT2D eigenvalue weighted by atomic mass is 9.88. The predicted molar refractivity (Wildman–Crippen MR) is 156 cm³/mol. The third-order valence-corrected chi connectivity index (χ3v) is 7.99. The Morgan fingerprint density at radius 1 is 0.923 bits per heavy atom. The fourth-order valence-electron chi connectivity index (χ4n) is 5.40. The average Bonchev–Trinajstić information content (AvgIpc) is 3.31. The van der Waals surface area contributed by atoms with E-state index in [1.54, 1.807) is 16.8 Å². The Morgan fingerprint density at radius 2 is 1.67 bits per heavy atom. The number of nitrogens with one attached hydrogen (secondary N) is 1. The molecule has 3 aromatic carbocycles. The fourth-order valence-corrected chi connectivity index (χ4v) is 6.08.